The fraction of sp³-hybridized carbons (Fsp3) is 0.616. The van der Waals surface area contributed by atoms with Crippen LogP contribution in [-0.2, 0) is 33.3 Å². The first-order valence-electron chi connectivity index (χ1n) is 37.9. The van der Waals surface area contributed by atoms with Crippen molar-refractivity contribution in [1.82, 2.24) is 0 Å². The molecule has 0 radical (unpaired) electrons. The second kappa shape index (κ2) is 74.2. The third kappa shape index (κ3) is 75.6. The van der Waals surface area contributed by atoms with E-state index < -0.39 is 24.3 Å². The number of quaternary nitrogens is 1. The highest BCUT2D eigenvalue weighted by atomic mass is 16.7. The zero-order valence-electron chi connectivity index (χ0n) is 61.3. The minimum Gasteiger partial charge on any atom is -0.477 e. The van der Waals surface area contributed by atoms with Crippen molar-refractivity contribution in [1.29, 1.82) is 0 Å². The van der Waals surface area contributed by atoms with E-state index >= 15 is 0 Å². The summed E-state index contributed by atoms with van der Waals surface area (Å²) >= 11 is 0. The molecule has 9 nitrogen and oxygen atoms in total. The fourth-order valence-electron chi connectivity index (χ4n) is 9.95. The molecule has 0 aliphatic carbocycles. The standard InChI is InChI=1S/C86H139NO8/c1-6-8-10-12-14-16-18-20-22-24-26-28-30-32-34-36-38-40-42-44-46-48-50-52-54-56-58-60-62-64-66-68-70-72-74-76-83(88)93-80-82(81-94-86(85(90)91)92-79-78-87(3,4)5)95-84(89)77-75-73-71-69-67-65-63-61-59-57-55-53-51-49-47-45-43-41-39-37-35-33-31-29-27-25-23-21-19-17-15-13-11-9-7-2/h8-11,14-17,20-23,26-29,32-35,38-41,45,47,51,53,57,59,82,86H,6-7,12-13,18-19,24-25,30-31,36-37,42-44,46,48-50,52,54-56,58,60-81H2,1-5H3/p+1/b10-8-,11-9-,16-14-,17-15-,22-20-,23-21-,28-26-,29-27-,34-32-,35-33-,40-38-,41-39-,47-45-,53-51-,59-57-. The molecule has 0 spiro atoms. The van der Waals surface area contributed by atoms with Crippen LogP contribution in [0.1, 0.15) is 284 Å². The predicted octanol–water partition coefficient (Wildman–Crippen LogP) is 24.4. The van der Waals surface area contributed by atoms with Crippen LogP contribution in [0, 0.1) is 0 Å². The van der Waals surface area contributed by atoms with E-state index in [0.717, 1.165) is 141 Å². The van der Waals surface area contributed by atoms with Gasteiger partial charge in [-0.25, -0.2) is 4.79 Å². The van der Waals surface area contributed by atoms with E-state index in [-0.39, 0.29) is 32.2 Å². The van der Waals surface area contributed by atoms with E-state index in [1.54, 1.807) is 0 Å². The number of carboxylic acids is 1. The lowest BCUT2D eigenvalue weighted by molar-refractivity contribution is -0.870. The Hall–Kier alpha value is -5.61. The van der Waals surface area contributed by atoms with Gasteiger partial charge in [-0.15, -0.1) is 0 Å². The van der Waals surface area contributed by atoms with Crippen molar-refractivity contribution in [3.05, 3.63) is 182 Å². The summed E-state index contributed by atoms with van der Waals surface area (Å²) in [5, 5.41) is 9.77. The molecule has 0 amide bonds. The third-order valence-corrected chi connectivity index (χ3v) is 15.7. The Morgan fingerprint density at radius 3 is 0.842 bits per heavy atom. The maximum atomic E-state index is 13.0. The summed E-state index contributed by atoms with van der Waals surface area (Å²) in [4.78, 5) is 37.7. The number of esters is 2. The van der Waals surface area contributed by atoms with Crippen molar-refractivity contribution < 1.29 is 42.9 Å². The van der Waals surface area contributed by atoms with Crippen LogP contribution in [0.15, 0.2) is 182 Å². The van der Waals surface area contributed by atoms with Gasteiger partial charge in [0.15, 0.2) is 6.10 Å². The Bertz CT molecular complexity index is 2220. The van der Waals surface area contributed by atoms with Gasteiger partial charge in [-0.3, -0.25) is 9.59 Å². The van der Waals surface area contributed by atoms with E-state index in [4.69, 9.17) is 18.9 Å². The van der Waals surface area contributed by atoms with Crippen molar-refractivity contribution in [2.45, 2.75) is 296 Å². The molecule has 0 aromatic heterocycles. The number of nitrogens with zero attached hydrogens (tertiary/aromatic N) is 1. The van der Waals surface area contributed by atoms with E-state index in [0.29, 0.717) is 23.9 Å². The van der Waals surface area contributed by atoms with Crippen LogP contribution in [0.5, 0.6) is 0 Å². The summed E-state index contributed by atoms with van der Waals surface area (Å²) in [5.74, 6) is -2.03. The monoisotopic (exact) mass is 1320 g/mol. The van der Waals surface area contributed by atoms with Crippen molar-refractivity contribution >= 4 is 17.9 Å². The molecule has 0 bridgehead atoms. The third-order valence-electron chi connectivity index (χ3n) is 15.7. The van der Waals surface area contributed by atoms with E-state index in [1.807, 2.05) is 21.1 Å². The Morgan fingerprint density at radius 1 is 0.316 bits per heavy atom. The van der Waals surface area contributed by atoms with Gasteiger partial charge in [-0.05, 0) is 135 Å². The summed E-state index contributed by atoms with van der Waals surface area (Å²) in [6.45, 7) is 4.63. The van der Waals surface area contributed by atoms with Crippen LogP contribution >= 0.6 is 0 Å². The molecule has 0 fully saturated rings. The van der Waals surface area contributed by atoms with Crippen molar-refractivity contribution in [2.24, 2.45) is 0 Å². The molecular formula is C86H140NO8+. The molecule has 0 saturated heterocycles. The Balaban J connectivity index is 4.15. The minimum atomic E-state index is -1.53. The second-order valence-electron chi connectivity index (χ2n) is 25.8. The number of rotatable bonds is 68. The maximum Gasteiger partial charge on any atom is 0.361 e. The van der Waals surface area contributed by atoms with Crippen LogP contribution in [0.4, 0.5) is 0 Å². The first-order chi connectivity index (χ1) is 46.6. The van der Waals surface area contributed by atoms with Gasteiger partial charge in [0, 0.05) is 12.8 Å². The van der Waals surface area contributed by atoms with Gasteiger partial charge in [0.05, 0.1) is 34.4 Å². The predicted molar refractivity (Wildman–Crippen MR) is 409 cm³/mol. The molecule has 536 valence electrons. The van der Waals surface area contributed by atoms with E-state index in [2.05, 4.69) is 196 Å². The quantitative estimate of drug-likeness (QED) is 0.0211. The molecular weight excluding hydrogens is 1170 g/mol. The average Bonchev–Trinajstić information content (AvgIpc) is 3.58. The van der Waals surface area contributed by atoms with Crippen LogP contribution < -0.4 is 0 Å². The van der Waals surface area contributed by atoms with Crippen LogP contribution in [0.25, 0.3) is 0 Å². The molecule has 0 rings (SSSR count). The first kappa shape index (κ1) is 89.4. The number of hydrogen-bond donors (Lipinski definition) is 1. The normalized spacial score (nSPS) is 13.7. The van der Waals surface area contributed by atoms with Gasteiger partial charge in [-0.2, -0.15) is 0 Å². The number of likely N-dealkylation sites (N-methyl/N-ethyl adjacent to an activating group) is 1. The summed E-state index contributed by atoms with van der Waals surface area (Å²) < 4.78 is 23.0. The van der Waals surface area contributed by atoms with Crippen LogP contribution in [0.3, 0.4) is 0 Å². The summed E-state index contributed by atoms with van der Waals surface area (Å²) in [6.07, 6.45) is 110. The topological polar surface area (TPSA) is 108 Å². The molecule has 1 N–H and O–H groups in total. The number of ether oxygens (including phenoxy) is 4. The second-order valence-corrected chi connectivity index (χ2v) is 25.8. The molecule has 2 atom stereocenters. The van der Waals surface area contributed by atoms with E-state index in [9.17, 15) is 19.5 Å². The molecule has 0 aromatic rings. The lowest BCUT2D eigenvalue weighted by Crippen LogP contribution is -2.40. The average molecular weight is 1320 g/mol. The summed E-state index contributed by atoms with van der Waals surface area (Å²) in [5.41, 5.74) is 0. The Morgan fingerprint density at radius 2 is 0.568 bits per heavy atom. The van der Waals surface area contributed by atoms with Gasteiger partial charge >= 0.3 is 17.9 Å². The van der Waals surface area contributed by atoms with Gasteiger partial charge in [0.25, 0.3) is 6.29 Å². The Labute approximate surface area is 583 Å². The minimum absolute atomic E-state index is 0.177. The Kier molecular flexibility index (Phi) is 69.8. The highest BCUT2D eigenvalue weighted by molar-refractivity contribution is 5.71. The van der Waals surface area contributed by atoms with Crippen molar-refractivity contribution in [3.8, 4) is 0 Å². The zero-order valence-corrected chi connectivity index (χ0v) is 61.3. The molecule has 0 aromatic carbocycles. The maximum absolute atomic E-state index is 13.0. The number of hydrogen-bond acceptors (Lipinski definition) is 7. The van der Waals surface area contributed by atoms with Crippen molar-refractivity contribution in [3.63, 3.8) is 0 Å². The molecule has 0 aliphatic heterocycles. The molecule has 0 aliphatic rings. The lowest BCUT2D eigenvalue weighted by Gasteiger charge is -2.25. The van der Waals surface area contributed by atoms with Crippen molar-refractivity contribution in [2.75, 3.05) is 47.5 Å². The molecule has 2 unspecified atom stereocenters. The number of aliphatic carboxylic acids is 1. The fourth-order valence-corrected chi connectivity index (χ4v) is 9.95. The van der Waals surface area contributed by atoms with Gasteiger partial charge < -0.3 is 28.5 Å². The number of carbonyl (C=O) groups excluding carboxylic acids is 2. The molecule has 0 saturated carbocycles. The highest BCUT2D eigenvalue weighted by Gasteiger charge is 2.25. The molecule has 95 heavy (non-hydrogen) atoms. The van der Waals surface area contributed by atoms with Crippen LogP contribution in [-0.4, -0.2) is 87.4 Å². The molecule has 9 heteroatoms. The largest absolute Gasteiger partial charge is 0.477 e. The SMILES string of the molecule is CC/C=C\C/C=C\C/C=C\C/C=C\C/C=C\C/C=C\C/C=C\C/C=C\C/C=C\CCCCCCCCCC(=O)OC(COC(=O)CCCCCCCCCCCCCCCCCC/C=C\C/C=C\C/C=C\C/C=C\C/C=C\C/C=C\CC)COC(OCC[N+](C)(C)C)C(=O)O. The lowest BCUT2D eigenvalue weighted by atomic mass is 10.0. The number of unbranched alkanes of at least 4 members (excludes halogenated alkanes) is 23. The summed E-state index contributed by atoms with van der Waals surface area (Å²) in [6, 6.07) is 0. The number of carbonyl (C=O) groups is 3. The van der Waals surface area contributed by atoms with Gasteiger partial charge in [0.2, 0.25) is 0 Å². The molecule has 0 heterocycles. The summed E-state index contributed by atoms with van der Waals surface area (Å²) in [7, 11) is 5.97. The zero-order chi connectivity index (χ0) is 69.0. The van der Waals surface area contributed by atoms with Gasteiger partial charge in [-0.1, -0.05) is 318 Å². The first-order valence-corrected chi connectivity index (χ1v) is 37.9. The number of allylic oxidation sites excluding steroid dienone is 30. The van der Waals surface area contributed by atoms with Gasteiger partial charge in [0.1, 0.15) is 13.2 Å². The highest BCUT2D eigenvalue weighted by Crippen LogP contribution is 2.17. The smallest absolute Gasteiger partial charge is 0.361 e. The van der Waals surface area contributed by atoms with Crippen LogP contribution in [0.2, 0.25) is 0 Å². The number of carboxylic acid groups (broad SMARTS) is 1. The van der Waals surface area contributed by atoms with E-state index in [1.165, 1.54) is 109 Å².